The van der Waals surface area contributed by atoms with Crippen molar-refractivity contribution in [1.82, 2.24) is 24.6 Å². The average Bonchev–Trinajstić information content (AvgIpc) is 3.11. The maximum atomic E-state index is 12.9. The molecule has 2 aromatic heterocycles. The van der Waals surface area contributed by atoms with Crippen LogP contribution in [0, 0.1) is 0 Å². The van der Waals surface area contributed by atoms with Gasteiger partial charge in [-0.3, -0.25) is 9.78 Å². The van der Waals surface area contributed by atoms with Crippen LogP contribution in [-0.4, -0.2) is 49.7 Å². The lowest BCUT2D eigenvalue weighted by molar-refractivity contribution is -0.00833. The van der Waals surface area contributed by atoms with Crippen molar-refractivity contribution in [2.45, 2.75) is 51.4 Å². The minimum atomic E-state index is -0.0215. The van der Waals surface area contributed by atoms with Crippen molar-refractivity contribution in [3.63, 3.8) is 0 Å². The quantitative estimate of drug-likeness (QED) is 0.848. The van der Waals surface area contributed by atoms with Gasteiger partial charge in [-0.05, 0) is 37.8 Å². The number of hydrogen-bond acceptors (Lipinski definition) is 5. The highest BCUT2D eigenvalue weighted by atomic mass is 16.5. The van der Waals surface area contributed by atoms with Gasteiger partial charge in [-0.1, -0.05) is 6.07 Å². The van der Waals surface area contributed by atoms with Gasteiger partial charge < -0.3 is 14.2 Å². The number of pyridine rings is 1. The molecule has 2 aliphatic rings. The highest BCUT2D eigenvalue weighted by Gasteiger charge is 2.29. The van der Waals surface area contributed by atoms with E-state index in [1.165, 1.54) is 0 Å². The molecule has 1 unspecified atom stereocenters. The topological polar surface area (TPSA) is 73.1 Å². The third-order valence-corrected chi connectivity index (χ3v) is 4.91. The number of piperidine rings is 1. The molecule has 25 heavy (non-hydrogen) atoms. The van der Waals surface area contributed by atoms with Gasteiger partial charge >= 0.3 is 0 Å². The first kappa shape index (κ1) is 16.2. The van der Waals surface area contributed by atoms with Crippen molar-refractivity contribution in [1.29, 1.82) is 0 Å². The lowest BCUT2D eigenvalue weighted by Gasteiger charge is -2.32. The van der Waals surface area contributed by atoms with E-state index in [0.29, 0.717) is 19.0 Å². The Kier molecular flexibility index (Phi) is 4.74. The standard InChI is InChI=1S/C18H23N5O2/c24-18(17-21-20-16-8-2-4-11-23(16)17)22-10-5-7-15(12-22)25-13-14-6-1-3-9-19-14/h1,3,6,9,15H,2,4-5,7-8,10-13H2. The third kappa shape index (κ3) is 3.56. The van der Waals surface area contributed by atoms with Crippen molar-refractivity contribution >= 4 is 5.91 Å². The van der Waals surface area contributed by atoms with Gasteiger partial charge in [-0.2, -0.15) is 0 Å². The number of aromatic nitrogens is 4. The van der Waals surface area contributed by atoms with Crippen molar-refractivity contribution in [2.24, 2.45) is 0 Å². The molecule has 4 rings (SSSR count). The SMILES string of the molecule is O=C(c1nnc2n1CCCC2)N1CCCC(OCc2ccccn2)C1. The van der Waals surface area contributed by atoms with Crippen LogP contribution in [0.3, 0.4) is 0 Å². The zero-order chi connectivity index (χ0) is 17.1. The van der Waals surface area contributed by atoms with E-state index >= 15 is 0 Å². The molecular weight excluding hydrogens is 318 g/mol. The summed E-state index contributed by atoms with van der Waals surface area (Å²) in [5.74, 6) is 1.40. The average molecular weight is 341 g/mol. The molecule has 7 heteroatoms. The number of likely N-dealkylation sites (tertiary alicyclic amines) is 1. The Balaban J connectivity index is 1.39. The van der Waals surface area contributed by atoms with Gasteiger partial charge in [-0.15, -0.1) is 10.2 Å². The van der Waals surface area contributed by atoms with Crippen molar-refractivity contribution in [3.8, 4) is 0 Å². The van der Waals surface area contributed by atoms with Crippen LogP contribution in [0.4, 0.5) is 0 Å². The van der Waals surface area contributed by atoms with Gasteiger partial charge in [0, 0.05) is 32.3 Å². The molecule has 1 saturated heterocycles. The summed E-state index contributed by atoms with van der Waals surface area (Å²) in [4.78, 5) is 19.0. The second-order valence-electron chi connectivity index (χ2n) is 6.70. The van der Waals surface area contributed by atoms with Crippen LogP contribution in [0.1, 0.15) is 47.8 Å². The van der Waals surface area contributed by atoms with Crippen LogP contribution >= 0.6 is 0 Å². The summed E-state index contributed by atoms with van der Waals surface area (Å²) in [5, 5.41) is 8.36. The van der Waals surface area contributed by atoms with E-state index < -0.39 is 0 Å². The Hall–Kier alpha value is -2.28. The Morgan fingerprint density at radius 3 is 3.04 bits per heavy atom. The predicted molar refractivity (Wildman–Crippen MR) is 90.9 cm³/mol. The van der Waals surface area contributed by atoms with E-state index in [4.69, 9.17) is 4.74 Å². The Morgan fingerprint density at radius 2 is 2.16 bits per heavy atom. The molecule has 0 aromatic carbocycles. The second-order valence-corrected chi connectivity index (χ2v) is 6.70. The van der Waals surface area contributed by atoms with Crippen molar-refractivity contribution < 1.29 is 9.53 Å². The fourth-order valence-electron chi connectivity index (χ4n) is 3.55. The minimum Gasteiger partial charge on any atom is -0.370 e. The third-order valence-electron chi connectivity index (χ3n) is 4.91. The zero-order valence-electron chi connectivity index (χ0n) is 14.3. The first-order valence-corrected chi connectivity index (χ1v) is 9.04. The minimum absolute atomic E-state index is 0.0215. The number of amides is 1. The first-order chi connectivity index (χ1) is 12.3. The number of aryl methyl sites for hydroxylation is 1. The first-order valence-electron chi connectivity index (χ1n) is 9.04. The molecule has 0 saturated carbocycles. The van der Waals surface area contributed by atoms with E-state index in [1.54, 1.807) is 6.20 Å². The van der Waals surface area contributed by atoms with Gasteiger partial charge in [0.25, 0.3) is 5.91 Å². The molecule has 0 N–H and O–H groups in total. The Morgan fingerprint density at radius 1 is 1.20 bits per heavy atom. The number of fused-ring (bicyclic) bond motifs is 1. The van der Waals surface area contributed by atoms with Crippen LogP contribution < -0.4 is 0 Å². The maximum absolute atomic E-state index is 12.9. The van der Waals surface area contributed by atoms with Gasteiger partial charge in [0.1, 0.15) is 5.82 Å². The van der Waals surface area contributed by atoms with Crippen LogP contribution in [0.5, 0.6) is 0 Å². The number of rotatable bonds is 4. The lowest BCUT2D eigenvalue weighted by Crippen LogP contribution is -2.44. The Labute approximate surface area is 147 Å². The molecule has 0 radical (unpaired) electrons. The molecule has 0 aliphatic carbocycles. The molecule has 1 fully saturated rings. The van der Waals surface area contributed by atoms with E-state index in [-0.39, 0.29) is 12.0 Å². The Bertz CT molecular complexity index is 730. The normalized spacial score (nSPS) is 20.3. The second kappa shape index (κ2) is 7.31. The van der Waals surface area contributed by atoms with Crippen molar-refractivity contribution in [2.75, 3.05) is 13.1 Å². The molecule has 1 amide bonds. The van der Waals surface area contributed by atoms with Gasteiger partial charge in [0.2, 0.25) is 5.82 Å². The molecular formula is C18H23N5O2. The number of nitrogens with zero attached hydrogens (tertiary/aromatic N) is 5. The molecule has 2 aliphatic heterocycles. The van der Waals surface area contributed by atoms with E-state index in [9.17, 15) is 4.79 Å². The smallest absolute Gasteiger partial charge is 0.291 e. The van der Waals surface area contributed by atoms with Crippen LogP contribution in [0.25, 0.3) is 0 Å². The summed E-state index contributed by atoms with van der Waals surface area (Å²) < 4.78 is 7.97. The summed E-state index contributed by atoms with van der Waals surface area (Å²) >= 11 is 0. The summed E-state index contributed by atoms with van der Waals surface area (Å²) in [6.07, 6.45) is 6.85. The van der Waals surface area contributed by atoms with Crippen LogP contribution in [0.2, 0.25) is 0 Å². The van der Waals surface area contributed by atoms with Gasteiger partial charge in [-0.25, -0.2) is 0 Å². The van der Waals surface area contributed by atoms with E-state index in [0.717, 1.165) is 56.7 Å². The van der Waals surface area contributed by atoms with E-state index in [2.05, 4.69) is 15.2 Å². The van der Waals surface area contributed by atoms with Gasteiger partial charge in [0.15, 0.2) is 0 Å². The summed E-state index contributed by atoms with van der Waals surface area (Å²) in [5.41, 5.74) is 0.914. The fraction of sp³-hybridized carbons (Fsp3) is 0.556. The highest BCUT2D eigenvalue weighted by Crippen LogP contribution is 2.19. The number of carbonyl (C=O) groups excluding carboxylic acids is 1. The fourth-order valence-corrected chi connectivity index (χ4v) is 3.55. The van der Waals surface area contributed by atoms with Gasteiger partial charge in [0.05, 0.1) is 18.4 Å². The maximum Gasteiger partial charge on any atom is 0.291 e. The largest absolute Gasteiger partial charge is 0.370 e. The molecule has 4 heterocycles. The summed E-state index contributed by atoms with van der Waals surface area (Å²) in [7, 11) is 0. The lowest BCUT2D eigenvalue weighted by atomic mass is 10.1. The van der Waals surface area contributed by atoms with E-state index in [1.807, 2.05) is 27.7 Å². The predicted octanol–water partition coefficient (Wildman–Crippen LogP) is 1.83. The monoisotopic (exact) mass is 341 g/mol. The summed E-state index contributed by atoms with van der Waals surface area (Å²) in [6.45, 7) is 2.68. The molecule has 0 bridgehead atoms. The molecule has 0 spiro atoms. The van der Waals surface area contributed by atoms with Crippen molar-refractivity contribution in [3.05, 3.63) is 41.7 Å². The zero-order valence-corrected chi connectivity index (χ0v) is 14.3. The molecule has 7 nitrogen and oxygen atoms in total. The van der Waals surface area contributed by atoms with Crippen LogP contribution in [-0.2, 0) is 24.3 Å². The summed E-state index contributed by atoms with van der Waals surface area (Å²) in [6, 6.07) is 5.80. The molecule has 132 valence electrons. The molecule has 1 atom stereocenters. The number of ether oxygens (including phenoxy) is 1. The number of hydrogen-bond donors (Lipinski definition) is 0. The number of carbonyl (C=O) groups is 1. The highest BCUT2D eigenvalue weighted by molar-refractivity contribution is 5.90. The van der Waals surface area contributed by atoms with Crippen LogP contribution in [0.15, 0.2) is 24.4 Å². The molecule has 2 aromatic rings.